The van der Waals surface area contributed by atoms with Gasteiger partial charge in [0.25, 0.3) is 5.91 Å². The van der Waals surface area contributed by atoms with Gasteiger partial charge in [0, 0.05) is 24.0 Å². The Labute approximate surface area is 102 Å². The van der Waals surface area contributed by atoms with Crippen molar-refractivity contribution in [3.8, 4) is 0 Å². The van der Waals surface area contributed by atoms with Gasteiger partial charge >= 0.3 is 0 Å². The average molecular weight is 234 g/mol. The molecule has 17 heavy (non-hydrogen) atoms. The lowest BCUT2D eigenvalue weighted by atomic mass is 10.2. The van der Waals surface area contributed by atoms with Crippen molar-refractivity contribution >= 4 is 5.91 Å². The molecule has 0 aliphatic heterocycles. The Balaban J connectivity index is 2.28. The summed E-state index contributed by atoms with van der Waals surface area (Å²) in [6.07, 6.45) is 1.63. The predicted octanol–water partition coefficient (Wildman–Crippen LogP) is 1.71. The van der Waals surface area contributed by atoms with Crippen molar-refractivity contribution in [3.63, 3.8) is 0 Å². The predicted molar refractivity (Wildman–Crippen MR) is 66.9 cm³/mol. The number of aryl methyl sites for hydroxylation is 1. The molecule has 1 rings (SSSR count). The first kappa shape index (κ1) is 13.4. The summed E-state index contributed by atoms with van der Waals surface area (Å²) in [7, 11) is 0. The maximum absolute atomic E-state index is 11.7. The lowest BCUT2D eigenvalue weighted by Crippen LogP contribution is -2.27. The number of amides is 1. The summed E-state index contributed by atoms with van der Waals surface area (Å²) in [5, 5.41) is 2.78. The highest BCUT2D eigenvalue weighted by atomic mass is 16.5. The fourth-order valence-electron chi connectivity index (χ4n) is 1.27. The maximum Gasteiger partial charge on any atom is 0.251 e. The van der Waals surface area contributed by atoms with Crippen LogP contribution in [-0.4, -0.2) is 30.6 Å². The largest absolute Gasteiger partial charge is 0.375 e. The molecule has 4 nitrogen and oxygen atoms in total. The van der Waals surface area contributed by atoms with Crippen LogP contribution in [0.4, 0.5) is 0 Å². The maximum atomic E-state index is 11.7. The van der Waals surface area contributed by atoms with Crippen LogP contribution in [0.3, 0.4) is 0 Å². The molecule has 0 spiro atoms. The van der Waals surface area contributed by atoms with Crippen molar-refractivity contribution < 1.29 is 9.53 Å². The zero-order valence-electron chi connectivity index (χ0n) is 10.3. The summed E-state index contributed by atoms with van der Waals surface area (Å²) in [5.41, 5.74) is 2.43. The molecule has 1 aromatic heterocycles. The fraction of sp³-hybridized carbons (Fsp3) is 0.385. The van der Waals surface area contributed by atoms with E-state index < -0.39 is 0 Å². The minimum atomic E-state index is -0.102. The van der Waals surface area contributed by atoms with Gasteiger partial charge in [0.05, 0.1) is 13.2 Å². The van der Waals surface area contributed by atoms with E-state index in [1.165, 1.54) is 0 Å². The standard InChI is InChI=1S/C13H18N2O2/c1-10(2)9-17-7-6-15-13(16)12-4-5-14-11(3)8-12/h4-5,8H,1,6-7,9H2,2-3H3,(H,15,16). The second-order valence-electron chi connectivity index (χ2n) is 3.95. The van der Waals surface area contributed by atoms with Gasteiger partial charge in [-0.15, -0.1) is 0 Å². The molecule has 1 aromatic rings. The molecule has 1 heterocycles. The molecule has 0 aliphatic carbocycles. The molecule has 1 amide bonds. The van der Waals surface area contributed by atoms with Crippen molar-refractivity contribution in [2.45, 2.75) is 13.8 Å². The molecule has 0 saturated carbocycles. The van der Waals surface area contributed by atoms with Gasteiger partial charge in [-0.1, -0.05) is 12.2 Å². The Hall–Kier alpha value is -1.68. The molecule has 92 valence electrons. The second-order valence-corrected chi connectivity index (χ2v) is 3.95. The number of carbonyl (C=O) groups is 1. The fourth-order valence-corrected chi connectivity index (χ4v) is 1.27. The molecule has 0 aromatic carbocycles. The van der Waals surface area contributed by atoms with Crippen molar-refractivity contribution in [1.29, 1.82) is 0 Å². The molecular weight excluding hydrogens is 216 g/mol. The van der Waals surface area contributed by atoms with E-state index >= 15 is 0 Å². The zero-order valence-corrected chi connectivity index (χ0v) is 10.3. The normalized spacial score (nSPS) is 10.0. The van der Waals surface area contributed by atoms with Crippen LogP contribution in [-0.2, 0) is 4.74 Å². The van der Waals surface area contributed by atoms with Crippen molar-refractivity contribution in [2.24, 2.45) is 0 Å². The van der Waals surface area contributed by atoms with E-state index in [2.05, 4.69) is 16.9 Å². The molecule has 0 bridgehead atoms. The van der Waals surface area contributed by atoms with Gasteiger partial charge in [0.15, 0.2) is 0 Å². The van der Waals surface area contributed by atoms with E-state index in [1.54, 1.807) is 18.3 Å². The van der Waals surface area contributed by atoms with E-state index in [-0.39, 0.29) is 5.91 Å². The van der Waals surface area contributed by atoms with E-state index in [4.69, 9.17) is 4.74 Å². The number of ether oxygens (including phenoxy) is 1. The monoisotopic (exact) mass is 234 g/mol. The van der Waals surface area contributed by atoms with E-state index in [9.17, 15) is 4.79 Å². The average Bonchev–Trinajstić information content (AvgIpc) is 2.28. The first-order valence-electron chi connectivity index (χ1n) is 5.52. The van der Waals surface area contributed by atoms with Gasteiger partial charge in [0.2, 0.25) is 0 Å². The smallest absolute Gasteiger partial charge is 0.251 e. The highest BCUT2D eigenvalue weighted by Gasteiger charge is 2.04. The lowest BCUT2D eigenvalue weighted by molar-refractivity contribution is 0.0926. The molecule has 0 aliphatic rings. The van der Waals surface area contributed by atoms with Crippen molar-refractivity contribution in [2.75, 3.05) is 19.8 Å². The van der Waals surface area contributed by atoms with Crippen molar-refractivity contribution in [3.05, 3.63) is 41.7 Å². The third-order valence-electron chi connectivity index (χ3n) is 2.04. The molecule has 4 heteroatoms. The van der Waals surface area contributed by atoms with Crippen LogP contribution in [0, 0.1) is 6.92 Å². The summed E-state index contributed by atoms with van der Waals surface area (Å²) in [5.74, 6) is -0.102. The topological polar surface area (TPSA) is 51.2 Å². The van der Waals surface area contributed by atoms with Gasteiger partial charge < -0.3 is 10.1 Å². The third kappa shape index (κ3) is 5.26. The van der Waals surface area contributed by atoms with Crippen molar-refractivity contribution in [1.82, 2.24) is 10.3 Å². The number of pyridine rings is 1. The van der Waals surface area contributed by atoms with Crippen LogP contribution >= 0.6 is 0 Å². The van der Waals surface area contributed by atoms with Gasteiger partial charge in [0.1, 0.15) is 0 Å². The number of carbonyl (C=O) groups excluding carboxylic acids is 1. The molecular formula is C13H18N2O2. The summed E-state index contributed by atoms with van der Waals surface area (Å²) >= 11 is 0. The van der Waals surface area contributed by atoms with Crippen LogP contribution in [0.1, 0.15) is 23.0 Å². The van der Waals surface area contributed by atoms with E-state index in [0.29, 0.717) is 25.3 Å². The van der Waals surface area contributed by atoms with Gasteiger partial charge in [-0.25, -0.2) is 0 Å². The molecule has 0 atom stereocenters. The molecule has 1 N–H and O–H groups in total. The molecule has 0 saturated heterocycles. The number of nitrogens with one attached hydrogen (secondary N) is 1. The Morgan fingerprint density at radius 3 is 3.00 bits per heavy atom. The van der Waals surface area contributed by atoms with Gasteiger partial charge in [-0.05, 0) is 26.0 Å². The Morgan fingerprint density at radius 1 is 1.59 bits per heavy atom. The number of rotatable bonds is 6. The Kier molecular flexibility index (Phi) is 5.36. The van der Waals surface area contributed by atoms with Crippen LogP contribution < -0.4 is 5.32 Å². The number of hydrogen-bond donors (Lipinski definition) is 1. The lowest BCUT2D eigenvalue weighted by Gasteiger charge is -2.06. The van der Waals surface area contributed by atoms with Gasteiger partial charge in [-0.3, -0.25) is 9.78 Å². The van der Waals surface area contributed by atoms with E-state index in [1.807, 2.05) is 13.8 Å². The second kappa shape index (κ2) is 6.81. The summed E-state index contributed by atoms with van der Waals surface area (Å²) < 4.78 is 5.28. The number of aromatic nitrogens is 1. The Bertz CT molecular complexity index is 402. The number of hydrogen-bond acceptors (Lipinski definition) is 3. The molecule has 0 radical (unpaired) electrons. The van der Waals surface area contributed by atoms with Crippen LogP contribution in [0.5, 0.6) is 0 Å². The first-order valence-corrected chi connectivity index (χ1v) is 5.52. The minimum Gasteiger partial charge on any atom is -0.375 e. The van der Waals surface area contributed by atoms with Gasteiger partial charge in [-0.2, -0.15) is 0 Å². The summed E-state index contributed by atoms with van der Waals surface area (Å²) in [6, 6.07) is 3.45. The molecule has 0 unspecified atom stereocenters. The minimum absolute atomic E-state index is 0.102. The van der Waals surface area contributed by atoms with E-state index in [0.717, 1.165) is 11.3 Å². The molecule has 0 fully saturated rings. The van der Waals surface area contributed by atoms with Crippen LogP contribution in [0.15, 0.2) is 30.5 Å². The first-order chi connectivity index (χ1) is 8.09. The third-order valence-corrected chi connectivity index (χ3v) is 2.04. The van der Waals surface area contributed by atoms with Crippen LogP contribution in [0.2, 0.25) is 0 Å². The zero-order chi connectivity index (χ0) is 12.7. The SMILES string of the molecule is C=C(C)COCCNC(=O)c1ccnc(C)c1. The van der Waals surface area contributed by atoms with Crippen LogP contribution in [0.25, 0.3) is 0 Å². The summed E-state index contributed by atoms with van der Waals surface area (Å²) in [4.78, 5) is 15.7. The summed E-state index contributed by atoms with van der Waals surface area (Å²) in [6.45, 7) is 9.00. The quantitative estimate of drug-likeness (QED) is 0.602. The number of nitrogens with zero attached hydrogens (tertiary/aromatic N) is 1. The highest BCUT2D eigenvalue weighted by Crippen LogP contribution is 2.00. The Morgan fingerprint density at radius 2 is 2.35 bits per heavy atom. The highest BCUT2D eigenvalue weighted by molar-refractivity contribution is 5.94.